The molecule has 0 atom stereocenters. The van der Waals surface area contributed by atoms with Gasteiger partial charge in [0.15, 0.2) is 0 Å². The average Bonchev–Trinajstić information content (AvgIpc) is 3.01. The molecule has 0 amide bonds. The van der Waals surface area contributed by atoms with E-state index in [0.717, 1.165) is 72.8 Å². The Kier molecular flexibility index (Phi) is 16.2. The van der Waals surface area contributed by atoms with E-state index in [9.17, 15) is 9.59 Å². The van der Waals surface area contributed by atoms with E-state index in [4.69, 9.17) is 14.2 Å². The lowest BCUT2D eigenvalue weighted by Gasteiger charge is -2.09. The molecule has 0 unspecified atom stereocenters. The van der Waals surface area contributed by atoms with Crippen molar-refractivity contribution in [3.05, 3.63) is 121 Å². The van der Waals surface area contributed by atoms with Crippen LogP contribution in [0.15, 0.2) is 109 Å². The van der Waals surface area contributed by atoms with Crippen LogP contribution in [-0.2, 0) is 25.4 Å². The maximum absolute atomic E-state index is 12.3. The molecule has 0 heterocycles. The number of carbonyl (C=O) groups is 2. The molecule has 0 N–H and O–H groups in total. The first kappa shape index (κ1) is 35.1. The minimum absolute atomic E-state index is 0.270. The SMILES string of the molecule is C=C(/C=C\C(=C)C(=C)Cc1ccc(-c2ccc(C(=O)OCCCCCC)cc2)cc1)OCCCCCCOC(=O)C(=C)C. The summed E-state index contributed by atoms with van der Waals surface area (Å²) in [6, 6.07) is 15.9. The summed E-state index contributed by atoms with van der Waals surface area (Å²) in [5, 5.41) is 0. The molecule has 2 rings (SSSR count). The van der Waals surface area contributed by atoms with Crippen molar-refractivity contribution >= 4 is 11.9 Å². The molecular formula is C38H48O5. The van der Waals surface area contributed by atoms with E-state index in [1.54, 1.807) is 6.92 Å². The minimum Gasteiger partial charge on any atom is -0.494 e. The number of benzene rings is 2. The molecule has 0 aliphatic rings. The van der Waals surface area contributed by atoms with Gasteiger partial charge in [-0.1, -0.05) is 95.0 Å². The molecule has 0 aliphatic heterocycles. The summed E-state index contributed by atoms with van der Waals surface area (Å²) in [6.45, 7) is 21.1. The van der Waals surface area contributed by atoms with E-state index < -0.39 is 0 Å². The van der Waals surface area contributed by atoms with Gasteiger partial charge in [0, 0.05) is 5.57 Å². The Morgan fingerprint density at radius 2 is 1.21 bits per heavy atom. The molecule has 0 saturated carbocycles. The van der Waals surface area contributed by atoms with Crippen LogP contribution in [0.5, 0.6) is 0 Å². The zero-order valence-corrected chi connectivity index (χ0v) is 26.1. The molecule has 0 aliphatic carbocycles. The van der Waals surface area contributed by atoms with Crippen LogP contribution in [0.25, 0.3) is 11.1 Å². The number of hydrogen-bond donors (Lipinski definition) is 0. The van der Waals surface area contributed by atoms with Crippen molar-refractivity contribution in [2.24, 2.45) is 0 Å². The van der Waals surface area contributed by atoms with Crippen molar-refractivity contribution < 1.29 is 23.8 Å². The van der Waals surface area contributed by atoms with Gasteiger partial charge in [0.05, 0.1) is 25.4 Å². The van der Waals surface area contributed by atoms with Crippen LogP contribution in [0.3, 0.4) is 0 Å². The number of carbonyl (C=O) groups excluding carboxylic acids is 2. The molecule has 2 aromatic carbocycles. The zero-order valence-electron chi connectivity index (χ0n) is 26.1. The standard InChI is InChI=1S/C38H48O5/c1-7-8-9-12-27-43-38(40)36-23-21-35(22-24-36)34-19-17-33(18-20-34)28-31(5)30(4)15-16-32(6)41-25-13-10-11-14-26-42-37(39)29(2)3/h15-24H,2,4-14,25-28H2,1,3H3/b16-15-. The maximum atomic E-state index is 12.3. The Morgan fingerprint density at radius 1 is 0.674 bits per heavy atom. The highest BCUT2D eigenvalue weighted by Gasteiger charge is 2.08. The molecule has 0 fully saturated rings. The number of hydrogen-bond acceptors (Lipinski definition) is 5. The third-order valence-corrected chi connectivity index (χ3v) is 6.89. The number of esters is 2. The van der Waals surface area contributed by atoms with E-state index in [0.29, 0.717) is 43.1 Å². The van der Waals surface area contributed by atoms with Gasteiger partial charge in [0.1, 0.15) is 5.76 Å². The van der Waals surface area contributed by atoms with Crippen molar-refractivity contribution in [3.63, 3.8) is 0 Å². The number of allylic oxidation sites excluding steroid dienone is 4. The second-order valence-electron chi connectivity index (χ2n) is 10.8. The first-order valence-electron chi connectivity index (χ1n) is 15.3. The predicted molar refractivity (Wildman–Crippen MR) is 177 cm³/mol. The summed E-state index contributed by atoms with van der Waals surface area (Å²) >= 11 is 0. The van der Waals surface area contributed by atoms with Gasteiger partial charge < -0.3 is 14.2 Å². The van der Waals surface area contributed by atoms with Gasteiger partial charge in [-0.25, -0.2) is 9.59 Å². The topological polar surface area (TPSA) is 61.8 Å². The highest BCUT2D eigenvalue weighted by molar-refractivity contribution is 5.90. The fourth-order valence-electron chi connectivity index (χ4n) is 4.16. The van der Waals surface area contributed by atoms with Gasteiger partial charge in [-0.05, 0) is 91.5 Å². The van der Waals surface area contributed by atoms with E-state index in [1.807, 2.05) is 36.4 Å². The van der Waals surface area contributed by atoms with E-state index in [-0.39, 0.29) is 11.9 Å². The van der Waals surface area contributed by atoms with Gasteiger partial charge in [-0.2, -0.15) is 0 Å². The van der Waals surface area contributed by atoms with Gasteiger partial charge in [0.25, 0.3) is 0 Å². The second kappa shape index (κ2) is 19.9. The molecule has 2 aromatic rings. The van der Waals surface area contributed by atoms with Crippen molar-refractivity contribution in [1.82, 2.24) is 0 Å². The number of ether oxygens (including phenoxy) is 3. The van der Waals surface area contributed by atoms with E-state index in [2.05, 4.69) is 57.5 Å². The molecule has 0 spiro atoms. The monoisotopic (exact) mass is 584 g/mol. The van der Waals surface area contributed by atoms with Crippen LogP contribution in [0.2, 0.25) is 0 Å². The Hall–Kier alpha value is -4.12. The van der Waals surface area contributed by atoms with Crippen molar-refractivity contribution in [2.45, 2.75) is 71.6 Å². The summed E-state index contributed by atoms with van der Waals surface area (Å²) in [4.78, 5) is 23.6. The van der Waals surface area contributed by atoms with Crippen molar-refractivity contribution in [2.75, 3.05) is 19.8 Å². The molecule has 5 nitrogen and oxygen atoms in total. The van der Waals surface area contributed by atoms with Gasteiger partial charge in [-0.15, -0.1) is 0 Å². The lowest BCUT2D eigenvalue weighted by atomic mass is 9.97. The third kappa shape index (κ3) is 14.1. The highest BCUT2D eigenvalue weighted by Crippen LogP contribution is 2.23. The average molecular weight is 585 g/mol. The lowest BCUT2D eigenvalue weighted by molar-refractivity contribution is -0.139. The van der Waals surface area contributed by atoms with Crippen LogP contribution in [0, 0.1) is 0 Å². The predicted octanol–water partition coefficient (Wildman–Crippen LogP) is 9.51. The fourth-order valence-corrected chi connectivity index (χ4v) is 4.16. The minimum atomic E-state index is -0.333. The largest absolute Gasteiger partial charge is 0.494 e. The number of rotatable bonds is 21. The van der Waals surface area contributed by atoms with Gasteiger partial charge in [-0.3, -0.25) is 0 Å². The Labute approximate surface area is 258 Å². The van der Waals surface area contributed by atoms with Crippen LogP contribution in [0.4, 0.5) is 0 Å². The Balaban J connectivity index is 1.69. The summed E-state index contributed by atoms with van der Waals surface area (Å²) < 4.78 is 16.2. The molecule has 230 valence electrons. The van der Waals surface area contributed by atoms with Crippen LogP contribution in [-0.4, -0.2) is 31.8 Å². The zero-order chi connectivity index (χ0) is 31.5. The van der Waals surface area contributed by atoms with Crippen LogP contribution < -0.4 is 0 Å². The van der Waals surface area contributed by atoms with Crippen LogP contribution >= 0.6 is 0 Å². The molecule has 0 saturated heterocycles. The first-order chi connectivity index (χ1) is 20.7. The smallest absolute Gasteiger partial charge is 0.338 e. The van der Waals surface area contributed by atoms with E-state index >= 15 is 0 Å². The molecule has 0 bridgehead atoms. The second-order valence-corrected chi connectivity index (χ2v) is 10.8. The van der Waals surface area contributed by atoms with Gasteiger partial charge >= 0.3 is 11.9 Å². The molecule has 43 heavy (non-hydrogen) atoms. The molecular weight excluding hydrogens is 536 g/mol. The lowest BCUT2D eigenvalue weighted by Crippen LogP contribution is -2.06. The molecule has 5 heteroatoms. The Bertz CT molecular complexity index is 1250. The van der Waals surface area contributed by atoms with Crippen molar-refractivity contribution in [3.8, 4) is 11.1 Å². The number of unbranched alkanes of at least 4 members (excludes halogenated alkanes) is 6. The fraction of sp³-hybridized carbons (Fsp3) is 0.368. The summed E-state index contributed by atoms with van der Waals surface area (Å²) in [5.41, 5.74) is 5.99. The molecule has 0 aromatic heterocycles. The van der Waals surface area contributed by atoms with Crippen molar-refractivity contribution in [1.29, 1.82) is 0 Å². The quantitative estimate of drug-likeness (QED) is 0.0481. The van der Waals surface area contributed by atoms with Crippen LogP contribution in [0.1, 0.15) is 81.1 Å². The first-order valence-corrected chi connectivity index (χ1v) is 15.3. The molecule has 0 radical (unpaired) electrons. The van der Waals surface area contributed by atoms with Gasteiger partial charge in [0.2, 0.25) is 0 Å². The highest BCUT2D eigenvalue weighted by atomic mass is 16.5. The third-order valence-electron chi connectivity index (χ3n) is 6.89. The normalized spacial score (nSPS) is 10.7. The van der Waals surface area contributed by atoms with E-state index in [1.165, 1.54) is 6.42 Å². The summed E-state index contributed by atoms with van der Waals surface area (Å²) in [7, 11) is 0. The summed E-state index contributed by atoms with van der Waals surface area (Å²) in [5.74, 6) is -0.0190. The Morgan fingerprint density at radius 3 is 1.79 bits per heavy atom. The maximum Gasteiger partial charge on any atom is 0.338 e. The summed E-state index contributed by atoms with van der Waals surface area (Å²) in [6.07, 6.45) is 12.4.